The molecule has 0 saturated carbocycles. The molecule has 2 aliphatic heterocycles. The summed E-state index contributed by atoms with van der Waals surface area (Å²) < 4.78 is 4.90. The van der Waals surface area contributed by atoms with Gasteiger partial charge in [0.25, 0.3) is 0 Å². The Morgan fingerprint density at radius 1 is 1.38 bits per heavy atom. The molecular formula is C19H27N3O4. The monoisotopic (exact) mass is 361 g/mol. The van der Waals surface area contributed by atoms with Crippen molar-refractivity contribution < 1.29 is 19.4 Å². The van der Waals surface area contributed by atoms with Crippen molar-refractivity contribution in [2.75, 3.05) is 44.8 Å². The molecule has 7 heteroatoms. The van der Waals surface area contributed by atoms with Crippen LogP contribution in [0.1, 0.15) is 42.5 Å². The normalized spacial score (nSPS) is 23.4. The minimum atomic E-state index is -0.379. The number of pyridine rings is 1. The molecule has 3 heterocycles. The number of piperidine rings is 2. The van der Waals surface area contributed by atoms with Crippen molar-refractivity contribution in [3.63, 3.8) is 0 Å². The zero-order valence-corrected chi connectivity index (χ0v) is 15.3. The zero-order chi connectivity index (χ0) is 18.6. The van der Waals surface area contributed by atoms with Crippen LogP contribution in [0, 0.1) is 5.41 Å². The number of aliphatic hydroxyl groups is 1. The standard InChI is InChI=1S/C19H27N3O4/c1-26-18(25)15-5-2-9-20-17(15)22-10-3-7-19(14-22)8-6-16(24)21(13-19)11-4-12-23/h2,5,9,23H,3-4,6-8,10-14H2,1H3/t19-/m1/s1. The first-order chi connectivity index (χ1) is 12.6. The molecule has 142 valence electrons. The molecule has 7 nitrogen and oxygen atoms in total. The lowest BCUT2D eigenvalue weighted by molar-refractivity contribution is -0.138. The van der Waals surface area contributed by atoms with Gasteiger partial charge in [0.2, 0.25) is 5.91 Å². The Labute approximate surface area is 153 Å². The minimum Gasteiger partial charge on any atom is -0.465 e. The fourth-order valence-electron chi connectivity index (χ4n) is 4.21. The molecule has 1 aromatic heterocycles. The second-order valence-corrected chi connectivity index (χ2v) is 7.28. The van der Waals surface area contributed by atoms with Crippen molar-refractivity contribution in [1.29, 1.82) is 0 Å². The molecule has 0 aromatic carbocycles. The van der Waals surface area contributed by atoms with Crippen LogP contribution >= 0.6 is 0 Å². The summed E-state index contributed by atoms with van der Waals surface area (Å²) in [6.07, 6.45) is 5.77. The highest BCUT2D eigenvalue weighted by atomic mass is 16.5. The van der Waals surface area contributed by atoms with E-state index in [2.05, 4.69) is 9.88 Å². The number of esters is 1. The van der Waals surface area contributed by atoms with Gasteiger partial charge >= 0.3 is 5.97 Å². The van der Waals surface area contributed by atoms with Gasteiger partial charge in [-0.05, 0) is 37.8 Å². The number of amides is 1. The molecule has 0 unspecified atom stereocenters. The molecule has 0 bridgehead atoms. The van der Waals surface area contributed by atoms with Crippen LogP contribution in [0.4, 0.5) is 5.82 Å². The lowest BCUT2D eigenvalue weighted by Crippen LogP contribution is -2.54. The highest BCUT2D eigenvalue weighted by Crippen LogP contribution is 2.40. The summed E-state index contributed by atoms with van der Waals surface area (Å²) in [5, 5.41) is 9.08. The van der Waals surface area contributed by atoms with E-state index >= 15 is 0 Å². The van der Waals surface area contributed by atoms with E-state index in [0.29, 0.717) is 37.3 Å². The number of rotatable bonds is 5. The van der Waals surface area contributed by atoms with E-state index in [-0.39, 0.29) is 23.9 Å². The summed E-state index contributed by atoms with van der Waals surface area (Å²) in [4.78, 5) is 32.8. The van der Waals surface area contributed by atoms with E-state index in [1.54, 1.807) is 18.3 Å². The SMILES string of the molecule is COC(=O)c1cccnc1N1CCC[C@]2(CCC(=O)N(CCCO)C2)C1. The minimum absolute atomic E-state index is 0.0204. The van der Waals surface area contributed by atoms with Crippen molar-refractivity contribution in [1.82, 2.24) is 9.88 Å². The molecule has 2 fully saturated rings. The van der Waals surface area contributed by atoms with Crippen LogP contribution < -0.4 is 4.90 Å². The maximum absolute atomic E-state index is 12.2. The largest absolute Gasteiger partial charge is 0.465 e. The van der Waals surface area contributed by atoms with Crippen molar-refractivity contribution in [3.8, 4) is 0 Å². The van der Waals surface area contributed by atoms with Gasteiger partial charge in [-0.25, -0.2) is 9.78 Å². The Bertz CT molecular complexity index is 666. The van der Waals surface area contributed by atoms with Crippen LogP contribution in [0.25, 0.3) is 0 Å². The molecular weight excluding hydrogens is 334 g/mol. The number of aromatic nitrogens is 1. The van der Waals surface area contributed by atoms with E-state index in [9.17, 15) is 9.59 Å². The van der Waals surface area contributed by atoms with Gasteiger partial charge < -0.3 is 19.6 Å². The van der Waals surface area contributed by atoms with Gasteiger partial charge in [0.05, 0.1) is 7.11 Å². The summed E-state index contributed by atoms with van der Waals surface area (Å²) in [5.41, 5.74) is 0.503. The predicted molar refractivity (Wildman–Crippen MR) is 97.0 cm³/mol. The molecule has 1 amide bonds. The highest BCUT2D eigenvalue weighted by molar-refractivity contribution is 5.94. The third kappa shape index (κ3) is 3.82. The van der Waals surface area contributed by atoms with Crippen molar-refractivity contribution in [2.24, 2.45) is 5.41 Å². The fourth-order valence-corrected chi connectivity index (χ4v) is 4.21. The van der Waals surface area contributed by atoms with Crippen LogP contribution in [0.2, 0.25) is 0 Å². The van der Waals surface area contributed by atoms with E-state index < -0.39 is 0 Å². The molecule has 26 heavy (non-hydrogen) atoms. The predicted octanol–water partition coefficient (Wildman–Crippen LogP) is 1.46. The number of methoxy groups -OCH3 is 1. The summed E-state index contributed by atoms with van der Waals surface area (Å²) in [6, 6.07) is 3.48. The first-order valence-electron chi connectivity index (χ1n) is 9.25. The molecule has 1 N–H and O–H groups in total. The van der Waals surface area contributed by atoms with Crippen LogP contribution in [0.3, 0.4) is 0 Å². The number of carbonyl (C=O) groups excluding carboxylic acids is 2. The van der Waals surface area contributed by atoms with Gasteiger partial charge in [0, 0.05) is 50.8 Å². The smallest absolute Gasteiger partial charge is 0.341 e. The summed E-state index contributed by atoms with van der Waals surface area (Å²) in [7, 11) is 1.38. The molecule has 1 aromatic rings. The molecule has 2 saturated heterocycles. The number of anilines is 1. The van der Waals surface area contributed by atoms with Gasteiger partial charge in [-0.2, -0.15) is 0 Å². The number of hydrogen-bond donors (Lipinski definition) is 1. The lowest BCUT2D eigenvalue weighted by atomic mass is 9.73. The first-order valence-corrected chi connectivity index (χ1v) is 9.25. The number of hydrogen-bond acceptors (Lipinski definition) is 6. The maximum atomic E-state index is 12.2. The number of likely N-dealkylation sites (tertiary alicyclic amines) is 1. The van der Waals surface area contributed by atoms with E-state index in [0.717, 1.165) is 32.4 Å². The van der Waals surface area contributed by atoms with Crippen molar-refractivity contribution in [2.45, 2.75) is 32.1 Å². The van der Waals surface area contributed by atoms with Gasteiger partial charge in [-0.3, -0.25) is 4.79 Å². The van der Waals surface area contributed by atoms with Crippen molar-refractivity contribution >= 4 is 17.7 Å². The van der Waals surface area contributed by atoms with Gasteiger partial charge in [-0.1, -0.05) is 0 Å². The zero-order valence-electron chi connectivity index (χ0n) is 15.3. The molecule has 1 spiro atoms. The molecule has 0 radical (unpaired) electrons. The first kappa shape index (κ1) is 18.6. The second-order valence-electron chi connectivity index (χ2n) is 7.28. The van der Waals surface area contributed by atoms with E-state index in [1.165, 1.54) is 7.11 Å². The molecule has 1 atom stereocenters. The quantitative estimate of drug-likeness (QED) is 0.800. The highest BCUT2D eigenvalue weighted by Gasteiger charge is 2.42. The fraction of sp³-hybridized carbons (Fsp3) is 0.632. The average Bonchev–Trinajstić information content (AvgIpc) is 2.68. The Balaban J connectivity index is 1.79. The van der Waals surface area contributed by atoms with Crippen LogP contribution in [0.15, 0.2) is 18.3 Å². The van der Waals surface area contributed by atoms with Crippen molar-refractivity contribution in [3.05, 3.63) is 23.9 Å². The summed E-state index contributed by atoms with van der Waals surface area (Å²) >= 11 is 0. The second kappa shape index (κ2) is 8.03. The Morgan fingerprint density at radius 3 is 3.00 bits per heavy atom. The van der Waals surface area contributed by atoms with Gasteiger partial charge in [-0.15, -0.1) is 0 Å². The van der Waals surface area contributed by atoms with Gasteiger partial charge in [0.15, 0.2) is 0 Å². The van der Waals surface area contributed by atoms with E-state index in [4.69, 9.17) is 9.84 Å². The summed E-state index contributed by atoms with van der Waals surface area (Å²) in [6.45, 7) is 3.03. The van der Waals surface area contributed by atoms with Gasteiger partial charge in [0.1, 0.15) is 11.4 Å². The number of carbonyl (C=O) groups is 2. The molecule has 2 aliphatic rings. The maximum Gasteiger partial charge on any atom is 0.341 e. The third-order valence-corrected chi connectivity index (χ3v) is 5.49. The topological polar surface area (TPSA) is 83.0 Å². The molecule has 0 aliphatic carbocycles. The average molecular weight is 361 g/mol. The Hall–Kier alpha value is -2.15. The molecule has 3 rings (SSSR count). The van der Waals surface area contributed by atoms with E-state index in [1.807, 2.05) is 4.90 Å². The third-order valence-electron chi connectivity index (χ3n) is 5.49. The lowest BCUT2D eigenvalue weighted by Gasteiger charge is -2.48. The Morgan fingerprint density at radius 2 is 2.23 bits per heavy atom. The van der Waals surface area contributed by atoms with Crippen LogP contribution in [0.5, 0.6) is 0 Å². The number of ether oxygens (including phenoxy) is 1. The number of aliphatic hydroxyl groups excluding tert-OH is 1. The van der Waals surface area contributed by atoms with Crippen LogP contribution in [-0.2, 0) is 9.53 Å². The summed E-state index contributed by atoms with van der Waals surface area (Å²) in [5.74, 6) is 0.461. The Kier molecular flexibility index (Phi) is 5.76. The van der Waals surface area contributed by atoms with Crippen LogP contribution in [-0.4, -0.2) is 66.8 Å². The number of nitrogens with zero attached hydrogens (tertiary/aromatic N) is 3.